The monoisotopic (exact) mass is 300 g/mol. The van der Waals surface area contributed by atoms with Gasteiger partial charge in [-0.2, -0.15) is 0 Å². The van der Waals surface area contributed by atoms with Crippen molar-refractivity contribution in [1.82, 2.24) is 9.13 Å². The summed E-state index contributed by atoms with van der Waals surface area (Å²) in [6.45, 7) is 0. The molecule has 2 rings (SSSR count). The van der Waals surface area contributed by atoms with Gasteiger partial charge in [-0.3, -0.25) is 0 Å². The van der Waals surface area contributed by atoms with Gasteiger partial charge in [-0.25, -0.2) is 18.3 Å². The van der Waals surface area contributed by atoms with Gasteiger partial charge < -0.3 is 0 Å². The molecule has 0 aliphatic carbocycles. The van der Waals surface area contributed by atoms with Crippen LogP contribution in [0.5, 0.6) is 0 Å². The van der Waals surface area contributed by atoms with Crippen LogP contribution in [0.1, 0.15) is 0 Å². The first-order valence-electron chi connectivity index (χ1n) is 4.52. The first kappa shape index (κ1) is 14.1. The molecule has 0 radical (unpaired) electrons. The Balaban J connectivity index is 0.000000245. The van der Waals surface area contributed by atoms with Gasteiger partial charge >= 0.3 is 0 Å². The molecule has 0 atom stereocenters. The Morgan fingerprint density at radius 2 is 1.13 bits per heavy atom. The second kappa shape index (κ2) is 6.54. The molecule has 4 nitrogen and oxygen atoms in total. The molecule has 0 fully saturated rings. The van der Waals surface area contributed by atoms with E-state index in [9.17, 15) is 0 Å². The van der Waals surface area contributed by atoms with Crippen LogP contribution in [0, 0.1) is 0 Å². The van der Waals surface area contributed by atoms with Crippen LogP contribution in [0.15, 0.2) is 37.4 Å². The minimum absolute atomic E-state index is 0. The van der Waals surface area contributed by atoms with E-state index in [2.05, 4.69) is 0 Å². The Labute approximate surface area is 104 Å². The van der Waals surface area contributed by atoms with Crippen LogP contribution >= 0.6 is 0 Å². The topological polar surface area (TPSA) is 17.6 Å². The average molecular weight is 301 g/mol. The summed E-state index contributed by atoms with van der Waals surface area (Å²) in [7, 11) is 8.00. The largest absolute Gasteiger partial charge is 0.243 e. The van der Waals surface area contributed by atoms with Gasteiger partial charge in [0.25, 0.3) is 0 Å². The number of rotatable bonds is 0. The fourth-order valence-electron chi connectivity index (χ4n) is 1.15. The van der Waals surface area contributed by atoms with Crippen LogP contribution in [-0.4, -0.2) is 9.13 Å². The summed E-state index contributed by atoms with van der Waals surface area (Å²) >= 11 is 0. The van der Waals surface area contributed by atoms with Gasteiger partial charge in [-0.15, -0.1) is 0 Å². The van der Waals surface area contributed by atoms with E-state index < -0.39 is 0 Å². The molecular formula is C10H18N4Pd+2. The fourth-order valence-corrected chi connectivity index (χ4v) is 1.15. The van der Waals surface area contributed by atoms with Crippen molar-refractivity contribution in [3.63, 3.8) is 0 Å². The minimum Gasteiger partial charge on any atom is -0.240 e. The maximum absolute atomic E-state index is 2.00. The Bertz CT molecular complexity index is 320. The molecule has 86 valence electrons. The van der Waals surface area contributed by atoms with Crippen molar-refractivity contribution in [3.05, 3.63) is 37.4 Å². The molecule has 2 aromatic heterocycles. The average Bonchev–Trinajstić information content (AvgIpc) is 2.63. The van der Waals surface area contributed by atoms with Crippen LogP contribution in [0.25, 0.3) is 0 Å². The number of aromatic nitrogens is 4. The van der Waals surface area contributed by atoms with E-state index in [1.165, 1.54) is 0 Å². The summed E-state index contributed by atoms with van der Waals surface area (Å²) in [5.74, 6) is 0. The predicted octanol–water partition coefficient (Wildman–Crippen LogP) is -0.303. The van der Waals surface area contributed by atoms with Crippen molar-refractivity contribution in [1.29, 1.82) is 0 Å². The predicted molar refractivity (Wildman–Crippen MR) is 53.2 cm³/mol. The third-order valence-electron chi connectivity index (χ3n) is 1.80. The van der Waals surface area contributed by atoms with Crippen molar-refractivity contribution in [3.8, 4) is 0 Å². The van der Waals surface area contributed by atoms with E-state index in [1.807, 2.05) is 83.9 Å². The molecule has 5 heteroatoms. The normalized spacial score (nSPS) is 8.80. The van der Waals surface area contributed by atoms with Crippen molar-refractivity contribution >= 4 is 0 Å². The maximum Gasteiger partial charge on any atom is 0.243 e. The van der Waals surface area contributed by atoms with Gasteiger partial charge in [0, 0.05) is 20.4 Å². The van der Waals surface area contributed by atoms with Gasteiger partial charge in [0.2, 0.25) is 12.7 Å². The summed E-state index contributed by atoms with van der Waals surface area (Å²) in [4.78, 5) is 0. The number of aryl methyl sites for hydroxylation is 4. The zero-order chi connectivity index (χ0) is 10.6. The summed E-state index contributed by atoms with van der Waals surface area (Å²) in [6, 6.07) is 0. The Hall–Kier alpha value is -0.918. The first-order chi connectivity index (χ1) is 6.58. The molecule has 0 N–H and O–H groups in total. The van der Waals surface area contributed by atoms with Crippen molar-refractivity contribution in [2.45, 2.75) is 0 Å². The SMILES string of the molecule is Cn1cc[n+](C)c1.Cn1cc[n+](C)c1.[Pd]. The van der Waals surface area contributed by atoms with Crippen molar-refractivity contribution in [2.75, 3.05) is 0 Å². The molecule has 0 unspecified atom stereocenters. The van der Waals surface area contributed by atoms with E-state index in [-0.39, 0.29) is 20.4 Å². The Kier molecular flexibility index (Phi) is 6.14. The summed E-state index contributed by atoms with van der Waals surface area (Å²) in [5, 5.41) is 0. The van der Waals surface area contributed by atoms with E-state index in [1.54, 1.807) is 0 Å². The molecule has 0 saturated heterocycles. The van der Waals surface area contributed by atoms with E-state index in [0.29, 0.717) is 0 Å². The minimum atomic E-state index is 0. The molecule has 0 aromatic carbocycles. The molecule has 15 heavy (non-hydrogen) atoms. The van der Waals surface area contributed by atoms with E-state index in [4.69, 9.17) is 0 Å². The molecule has 2 aromatic rings. The third kappa shape index (κ3) is 5.51. The first-order valence-corrected chi connectivity index (χ1v) is 4.52. The molecular weight excluding hydrogens is 283 g/mol. The second-order valence-electron chi connectivity index (χ2n) is 3.49. The molecule has 0 bridgehead atoms. The zero-order valence-corrected chi connectivity index (χ0v) is 11.1. The van der Waals surface area contributed by atoms with Gasteiger partial charge in [-0.1, -0.05) is 0 Å². The third-order valence-corrected chi connectivity index (χ3v) is 1.80. The van der Waals surface area contributed by atoms with Crippen LogP contribution in [-0.2, 0) is 48.6 Å². The summed E-state index contributed by atoms with van der Waals surface area (Å²) in [5.41, 5.74) is 0. The molecule has 0 saturated carbocycles. The number of hydrogen-bond acceptors (Lipinski definition) is 0. The Morgan fingerprint density at radius 1 is 0.800 bits per heavy atom. The fraction of sp³-hybridized carbons (Fsp3) is 0.400. The van der Waals surface area contributed by atoms with Crippen molar-refractivity contribution in [2.24, 2.45) is 28.2 Å². The number of nitrogens with zero attached hydrogens (tertiary/aromatic N) is 4. The number of imidazole rings is 2. The van der Waals surface area contributed by atoms with Crippen LogP contribution in [0.4, 0.5) is 0 Å². The molecule has 0 aliphatic rings. The van der Waals surface area contributed by atoms with Crippen LogP contribution < -0.4 is 9.13 Å². The van der Waals surface area contributed by atoms with Gasteiger partial charge in [-0.05, 0) is 0 Å². The second-order valence-corrected chi connectivity index (χ2v) is 3.49. The number of hydrogen-bond donors (Lipinski definition) is 0. The molecule has 0 aliphatic heterocycles. The standard InChI is InChI=1S/2C5H9N2.Pd/c2*1-6-3-4-7(2)5-6;/h2*3-5H,1-2H3;/q2*+1;. The summed E-state index contributed by atoms with van der Waals surface area (Å²) in [6.07, 6.45) is 12.0. The maximum atomic E-state index is 2.00. The van der Waals surface area contributed by atoms with Crippen LogP contribution in [0.2, 0.25) is 0 Å². The van der Waals surface area contributed by atoms with Crippen molar-refractivity contribution < 1.29 is 29.6 Å². The van der Waals surface area contributed by atoms with Gasteiger partial charge in [0.1, 0.15) is 24.8 Å². The zero-order valence-electron chi connectivity index (χ0n) is 9.57. The molecule has 0 amide bonds. The van der Waals surface area contributed by atoms with Gasteiger partial charge in [0.05, 0.1) is 28.2 Å². The molecule has 2 heterocycles. The smallest absolute Gasteiger partial charge is 0.240 e. The van der Waals surface area contributed by atoms with Crippen LogP contribution in [0.3, 0.4) is 0 Å². The van der Waals surface area contributed by atoms with Gasteiger partial charge in [0.15, 0.2) is 0 Å². The Morgan fingerprint density at radius 3 is 1.20 bits per heavy atom. The van der Waals surface area contributed by atoms with E-state index in [0.717, 1.165) is 0 Å². The van der Waals surface area contributed by atoms with E-state index >= 15 is 0 Å². The quantitative estimate of drug-likeness (QED) is 0.470. The summed E-state index contributed by atoms with van der Waals surface area (Å²) < 4.78 is 8.00. The molecule has 0 spiro atoms.